The van der Waals surface area contributed by atoms with Gasteiger partial charge in [0, 0.05) is 6.54 Å². The van der Waals surface area contributed by atoms with E-state index in [4.69, 9.17) is 16.0 Å². The third kappa shape index (κ3) is 8.71. The Balaban J connectivity index is 0.00000484. The predicted octanol–water partition coefficient (Wildman–Crippen LogP) is -0.397. The van der Waals surface area contributed by atoms with Crippen LogP contribution in [0.3, 0.4) is 0 Å². The van der Waals surface area contributed by atoms with Gasteiger partial charge in [-0.2, -0.15) is 18.5 Å². The van der Waals surface area contributed by atoms with E-state index in [1.165, 1.54) is 31.8 Å². The fraction of sp³-hybridized carbons (Fsp3) is 0.750. The molecule has 0 saturated carbocycles. The van der Waals surface area contributed by atoms with E-state index >= 15 is 0 Å². The lowest BCUT2D eigenvalue weighted by Crippen LogP contribution is -2.51. The number of nitrogens with two attached hydrogens (primary N) is 2. The summed E-state index contributed by atoms with van der Waals surface area (Å²) in [5.74, 6) is 0.201. The molecule has 1 rings (SSSR count). The zero-order chi connectivity index (χ0) is 16.6. The third-order valence-electron chi connectivity index (χ3n) is 3.07. The molecule has 136 valence electrons. The Morgan fingerprint density at radius 2 is 1.96 bits per heavy atom. The molecule has 0 aromatic heterocycles. The number of hydrogen-bond donors (Lipinski definition) is 4. The minimum atomic E-state index is -4.70. The molecular formula is C12H27N5O5S. The standard InChI is InChI=1S/C12H25N5O4S.H2O/c1-2-3-4-5-6-7-8-15-11-9-10(13)17(12(14)16-11)21-22(18,19)20;/h9-10,15H,2-8,13H2,1H3,(H2,14,16)(H,18,19,20);1H2. The summed E-state index contributed by atoms with van der Waals surface area (Å²) in [6.45, 7) is 2.90. The van der Waals surface area contributed by atoms with Crippen LogP contribution in [0.2, 0.25) is 0 Å². The first-order valence-corrected chi connectivity index (χ1v) is 8.71. The smallest absolute Gasteiger partial charge is 0.412 e. The van der Waals surface area contributed by atoms with Crippen LogP contribution in [-0.2, 0) is 14.7 Å². The Labute approximate surface area is 136 Å². The van der Waals surface area contributed by atoms with Crippen molar-refractivity contribution in [3.05, 3.63) is 11.9 Å². The molecule has 0 aromatic carbocycles. The van der Waals surface area contributed by atoms with Gasteiger partial charge in [0.05, 0.1) is 0 Å². The molecule has 1 aliphatic heterocycles. The molecule has 0 fully saturated rings. The van der Waals surface area contributed by atoms with Crippen molar-refractivity contribution in [1.82, 2.24) is 10.4 Å². The monoisotopic (exact) mass is 353 g/mol. The van der Waals surface area contributed by atoms with Crippen molar-refractivity contribution in [2.24, 2.45) is 16.5 Å². The van der Waals surface area contributed by atoms with Gasteiger partial charge in [-0.3, -0.25) is 4.55 Å². The summed E-state index contributed by atoms with van der Waals surface area (Å²) < 4.78 is 34.2. The van der Waals surface area contributed by atoms with E-state index in [9.17, 15) is 8.42 Å². The lowest BCUT2D eigenvalue weighted by molar-refractivity contribution is -0.0123. The largest absolute Gasteiger partial charge is 0.418 e. The van der Waals surface area contributed by atoms with Crippen molar-refractivity contribution in [3.8, 4) is 0 Å². The van der Waals surface area contributed by atoms with E-state index in [1.54, 1.807) is 0 Å². The van der Waals surface area contributed by atoms with E-state index in [-0.39, 0.29) is 11.4 Å². The summed E-state index contributed by atoms with van der Waals surface area (Å²) in [6.07, 6.45) is 7.55. The molecule has 23 heavy (non-hydrogen) atoms. The molecule has 11 heteroatoms. The molecule has 0 radical (unpaired) electrons. The summed E-state index contributed by atoms with van der Waals surface area (Å²) in [5, 5.41) is 3.69. The van der Waals surface area contributed by atoms with Gasteiger partial charge < -0.3 is 22.3 Å². The number of nitrogens with zero attached hydrogens (tertiary/aromatic N) is 2. The Morgan fingerprint density at radius 3 is 2.52 bits per heavy atom. The van der Waals surface area contributed by atoms with Crippen LogP contribution in [0.1, 0.15) is 45.4 Å². The highest BCUT2D eigenvalue weighted by Gasteiger charge is 2.26. The normalized spacial score (nSPS) is 18.0. The van der Waals surface area contributed by atoms with Crippen LogP contribution in [0.4, 0.5) is 0 Å². The molecule has 0 amide bonds. The summed E-state index contributed by atoms with van der Waals surface area (Å²) in [7, 11) is -4.70. The lowest BCUT2D eigenvalue weighted by Gasteiger charge is -2.28. The highest BCUT2D eigenvalue weighted by atomic mass is 32.3. The quantitative estimate of drug-likeness (QED) is 0.303. The highest BCUT2D eigenvalue weighted by Crippen LogP contribution is 2.10. The van der Waals surface area contributed by atoms with E-state index in [0.29, 0.717) is 10.9 Å². The summed E-state index contributed by atoms with van der Waals surface area (Å²) in [6, 6.07) is 0. The average molecular weight is 353 g/mol. The number of rotatable bonds is 10. The van der Waals surface area contributed by atoms with Gasteiger partial charge in [-0.25, -0.2) is 0 Å². The first-order chi connectivity index (χ1) is 10.3. The maximum Gasteiger partial charge on any atom is 0.418 e. The highest BCUT2D eigenvalue weighted by molar-refractivity contribution is 7.80. The maximum atomic E-state index is 10.7. The first-order valence-electron chi connectivity index (χ1n) is 7.35. The molecule has 1 aliphatic rings. The molecule has 10 nitrogen and oxygen atoms in total. The predicted molar refractivity (Wildman–Crippen MR) is 87.1 cm³/mol. The second-order valence-corrected chi connectivity index (χ2v) is 6.04. The van der Waals surface area contributed by atoms with Gasteiger partial charge in [-0.05, 0) is 12.5 Å². The number of unbranched alkanes of at least 4 members (excludes halogenated alkanes) is 5. The fourth-order valence-corrected chi connectivity index (χ4v) is 2.38. The average Bonchev–Trinajstić information content (AvgIpc) is 2.41. The van der Waals surface area contributed by atoms with Crippen LogP contribution in [0, 0.1) is 0 Å². The Bertz CT molecular complexity index is 508. The van der Waals surface area contributed by atoms with Gasteiger partial charge in [0.1, 0.15) is 12.0 Å². The number of guanidine groups is 1. The van der Waals surface area contributed by atoms with E-state index in [2.05, 4.69) is 21.5 Å². The van der Waals surface area contributed by atoms with Crippen LogP contribution in [-0.4, -0.2) is 42.2 Å². The number of hydroxylamine groups is 2. The number of hydrogen-bond acceptors (Lipinski definition) is 8. The fourth-order valence-electron chi connectivity index (χ4n) is 2.00. The van der Waals surface area contributed by atoms with Crippen molar-refractivity contribution >= 4 is 16.4 Å². The Morgan fingerprint density at radius 1 is 1.35 bits per heavy atom. The van der Waals surface area contributed by atoms with Crippen LogP contribution >= 0.6 is 0 Å². The molecule has 0 aromatic rings. The molecular weight excluding hydrogens is 326 g/mol. The molecule has 0 spiro atoms. The molecule has 0 bridgehead atoms. The van der Waals surface area contributed by atoms with Gasteiger partial charge in [0.15, 0.2) is 0 Å². The molecule has 1 atom stereocenters. The zero-order valence-corrected chi connectivity index (χ0v) is 14.1. The molecule has 0 saturated heterocycles. The number of aliphatic imine (C=N–C) groups is 1. The van der Waals surface area contributed by atoms with Gasteiger partial charge in [-0.15, -0.1) is 4.28 Å². The van der Waals surface area contributed by atoms with Crippen molar-refractivity contribution in [2.75, 3.05) is 6.54 Å². The van der Waals surface area contributed by atoms with Gasteiger partial charge in [0.25, 0.3) is 0 Å². The minimum Gasteiger partial charge on any atom is -0.412 e. The second kappa shape index (κ2) is 10.4. The van der Waals surface area contributed by atoms with Crippen molar-refractivity contribution < 1.29 is 22.7 Å². The van der Waals surface area contributed by atoms with Crippen molar-refractivity contribution in [1.29, 1.82) is 0 Å². The summed E-state index contributed by atoms with van der Waals surface area (Å²) in [5.41, 5.74) is 11.3. The van der Waals surface area contributed by atoms with Gasteiger partial charge >= 0.3 is 10.4 Å². The summed E-state index contributed by atoms with van der Waals surface area (Å²) >= 11 is 0. The van der Waals surface area contributed by atoms with E-state index < -0.39 is 16.6 Å². The second-order valence-electron chi connectivity index (χ2n) is 5.04. The van der Waals surface area contributed by atoms with Crippen molar-refractivity contribution in [3.63, 3.8) is 0 Å². The van der Waals surface area contributed by atoms with Crippen LogP contribution < -0.4 is 16.8 Å². The zero-order valence-electron chi connectivity index (χ0n) is 13.2. The SMILES string of the molecule is CCCCCCCCNC1=CC(N)N(OS(=O)(=O)O)C(N)=N1.O. The third-order valence-corrected chi connectivity index (χ3v) is 3.42. The van der Waals surface area contributed by atoms with Gasteiger partial charge in [-0.1, -0.05) is 39.0 Å². The summed E-state index contributed by atoms with van der Waals surface area (Å²) in [4.78, 5) is 3.94. The van der Waals surface area contributed by atoms with Crippen LogP contribution in [0.5, 0.6) is 0 Å². The molecule has 0 aliphatic carbocycles. The van der Waals surface area contributed by atoms with Crippen molar-refractivity contribution in [2.45, 2.75) is 51.6 Å². The topological polar surface area (TPSA) is 175 Å². The number of nitrogens with one attached hydrogen (secondary N) is 1. The van der Waals surface area contributed by atoms with Crippen LogP contribution in [0.25, 0.3) is 0 Å². The van der Waals surface area contributed by atoms with E-state index in [0.717, 1.165) is 19.4 Å². The maximum absolute atomic E-state index is 10.7. The van der Waals surface area contributed by atoms with E-state index in [1.807, 2.05) is 0 Å². The minimum absolute atomic E-state index is 0. The Hall–Kier alpha value is -1.40. The lowest BCUT2D eigenvalue weighted by atomic mass is 10.1. The first kappa shape index (κ1) is 21.6. The molecule has 1 unspecified atom stereocenters. The van der Waals surface area contributed by atoms with Gasteiger partial charge in [0.2, 0.25) is 5.96 Å². The molecule has 8 N–H and O–H groups in total. The Kier molecular flexibility index (Phi) is 9.76. The molecule has 1 heterocycles. The van der Waals surface area contributed by atoms with Crippen LogP contribution in [0.15, 0.2) is 16.9 Å².